The number of amides is 2. The van der Waals surface area contributed by atoms with Crippen LogP contribution in [0.15, 0.2) is 36.4 Å². The zero-order chi connectivity index (χ0) is 14.9. The van der Waals surface area contributed by atoms with Gasteiger partial charge in [-0.3, -0.25) is 14.5 Å². The van der Waals surface area contributed by atoms with Crippen molar-refractivity contribution in [1.82, 2.24) is 4.90 Å². The third-order valence-electron chi connectivity index (χ3n) is 3.50. The van der Waals surface area contributed by atoms with Crippen LogP contribution in [-0.2, 0) is 9.47 Å². The molecule has 0 aliphatic carbocycles. The van der Waals surface area contributed by atoms with Crippen LogP contribution >= 0.6 is 15.9 Å². The average Bonchev–Trinajstić information content (AvgIpc) is 3.08. The number of fused-ring (bicyclic) bond motifs is 1. The van der Waals surface area contributed by atoms with Crippen LogP contribution in [0.1, 0.15) is 20.7 Å². The first-order valence-corrected chi connectivity index (χ1v) is 7.76. The van der Waals surface area contributed by atoms with E-state index >= 15 is 0 Å². The highest BCUT2D eigenvalue weighted by Crippen LogP contribution is 2.25. The van der Waals surface area contributed by atoms with Gasteiger partial charge in [0.1, 0.15) is 0 Å². The Bertz CT molecular complexity index is 572. The molecule has 0 aromatic heterocycles. The molecule has 21 heavy (non-hydrogen) atoms. The van der Waals surface area contributed by atoms with Gasteiger partial charge in [0.15, 0.2) is 5.79 Å². The highest BCUT2D eigenvalue weighted by Gasteiger charge is 2.35. The van der Waals surface area contributed by atoms with E-state index in [0.717, 1.165) is 0 Å². The summed E-state index contributed by atoms with van der Waals surface area (Å²) in [5, 5.41) is 0.499. The molecule has 5 nitrogen and oxygen atoms in total. The highest BCUT2D eigenvalue weighted by molar-refractivity contribution is 9.09. The number of carbonyl (C=O) groups excluding carboxylic acids is 2. The van der Waals surface area contributed by atoms with Crippen molar-refractivity contribution >= 4 is 27.7 Å². The predicted molar refractivity (Wildman–Crippen MR) is 79.4 cm³/mol. The van der Waals surface area contributed by atoms with Gasteiger partial charge in [-0.25, -0.2) is 0 Å². The predicted octanol–water partition coefficient (Wildman–Crippen LogP) is 1.98. The number of hydrogen-bond donors (Lipinski definition) is 0. The molecule has 0 spiro atoms. The van der Waals surface area contributed by atoms with Crippen LogP contribution in [0.25, 0.3) is 0 Å². The van der Waals surface area contributed by atoms with E-state index in [1.165, 1.54) is 4.90 Å². The molecular weight excluding hydrogens is 338 g/mol. The van der Waals surface area contributed by atoms with E-state index in [9.17, 15) is 9.59 Å². The zero-order valence-corrected chi connectivity index (χ0v) is 12.8. The molecule has 2 aliphatic rings. The molecule has 2 aliphatic heterocycles. The van der Waals surface area contributed by atoms with Gasteiger partial charge in [0.2, 0.25) is 0 Å². The lowest BCUT2D eigenvalue weighted by Gasteiger charge is -2.21. The lowest BCUT2D eigenvalue weighted by Crippen LogP contribution is -2.32. The van der Waals surface area contributed by atoms with Gasteiger partial charge in [0.25, 0.3) is 11.8 Å². The number of hydrogen-bond acceptors (Lipinski definition) is 4. The molecule has 2 amide bonds. The molecule has 1 aromatic rings. The van der Waals surface area contributed by atoms with Crippen molar-refractivity contribution in [1.29, 1.82) is 0 Å². The van der Waals surface area contributed by atoms with Gasteiger partial charge in [-0.05, 0) is 18.2 Å². The van der Waals surface area contributed by atoms with Crippen LogP contribution in [0.3, 0.4) is 0 Å². The van der Waals surface area contributed by atoms with E-state index in [2.05, 4.69) is 15.9 Å². The molecule has 1 saturated heterocycles. The molecule has 6 heteroatoms. The smallest absolute Gasteiger partial charge is 0.261 e. The van der Waals surface area contributed by atoms with Crippen molar-refractivity contribution in [2.45, 2.75) is 5.79 Å². The zero-order valence-electron chi connectivity index (χ0n) is 11.3. The minimum absolute atomic E-state index is 0.202. The second-order valence-electron chi connectivity index (χ2n) is 4.81. The number of ether oxygens (including phenoxy) is 2. The van der Waals surface area contributed by atoms with Gasteiger partial charge in [0, 0.05) is 6.54 Å². The molecule has 110 valence electrons. The van der Waals surface area contributed by atoms with Gasteiger partial charge in [-0.15, -0.1) is 0 Å². The molecule has 3 rings (SSSR count). The first-order valence-electron chi connectivity index (χ1n) is 6.64. The maximum Gasteiger partial charge on any atom is 0.261 e. The molecule has 0 N–H and O–H groups in total. The second-order valence-corrected chi connectivity index (χ2v) is 5.37. The fourth-order valence-corrected chi connectivity index (χ4v) is 2.94. The Labute approximate surface area is 130 Å². The number of imide groups is 1. The Hall–Kier alpha value is -1.50. The number of nitrogens with zero attached hydrogens (tertiary/aromatic N) is 1. The Kier molecular flexibility index (Phi) is 3.93. The Balaban J connectivity index is 1.72. The summed E-state index contributed by atoms with van der Waals surface area (Å²) in [5.41, 5.74) is 0.916. The fourth-order valence-electron chi connectivity index (χ4n) is 2.43. The highest BCUT2D eigenvalue weighted by atomic mass is 79.9. The Morgan fingerprint density at radius 3 is 2.24 bits per heavy atom. The summed E-state index contributed by atoms with van der Waals surface area (Å²) in [5.74, 6) is -1.32. The SMILES string of the molecule is O=C1c2ccccc2C(=O)N1CC=CC1(CBr)OCCO1. The summed E-state index contributed by atoms with van der Waals surface area (Å²) in [6, 6.07) is 6.84. The van der Waals surface area contributed by atoms with E-state index in [1.807, 2.05) is 0 Å². The Morgan fingerprint density at radius 2 is 1.71 bits per heavy atom. The second kappa shape index (κ2) is 5.71. The quantitative estimate of drug-likeness (QED) is 0.472. The maximum absolute atomic E-state index is 12.2. The largest absolute Gasteiger partial charge is 0.343 e. The van der Waals surface area contributed by atoms with Gasteiger partial charge in [-0.2, -0.15) is 0 Å². The number of rotatable bonds is 4. The van der Waals surface area contributed by atoms with E-state index in [4.69, 9.17) is 9.47 Å². The normalized spacial score (nSPS) is 20.5. The minimum Gasteiger partial charge on any atom is -0.343 e. The number of carbonyl (C=O) groups is 2. The first-order chi connectivity index (χ1) is 10.2. The summed E-state index contributed by atoms with van der Waals surface area (Å²) in [6.07, 6.45) is 3.48. The minimum atomic E-state index is -0.793. The fraction of sp³-hybridized carbons (Fsp3) is 0.333. The van der Waals surface area contributed by atoms with E-state index < -0.39 is 5.79 Å². The van der Waals surface area contributed by atoms with Crippen LogP contribution in [0.2, 0.25) is 0 Å². The topological polar surface area (TPSA) is 55.8 Å². The third-order valence-corrected chi connectivity index (χ3v) is 4.28. The summed E-state index contributed by atoms with van der Waals surface area (Å²) in [6.45, 7) is 1.26. The van der Waals surface area contributed by atoms with E-state index in [1.54, 1.807) is 36.4 Å². The molecule has 0 saturated carbocycles. The van der Waals surface area contributed by atoms with Crippen molar-refractivity contribution < 1.29 is 19.1 Å². The summed E-state index contributed by atoms with van der Waals surface area (Å²) >= 11 is 3.35. The standard InChI is InChI=1S/C15H14BrNO4/c16-10-15(20-8-9-21-15)6-3-7-17-13(18)11-4-1-2-5-12(11)14(17)19/h1-6H,7-10H2. The summed E-state index contributed by atoms with van der Waals surface area (Å²) in [7, 11) is 0. The lowest BCUT2D eigenvalue weighted by atomic mass is 10.1. The van der Waals surface area contributed by atoms with Crippen LogP contribution in [0.5, 0.6) is 0 Å². The van der Waals surface area contributed by atoms with Crippen molar-refractivity contribution in [3.05, 3.63) is 47.5 Å². The average molecular weight is 352 g/mol. The maximum atomic E-state index is 12.2. The molecule has 1 aromatic carbocycles. The van der Waals surface area contributed by atoms with Gasteiger partial charge >= 0.3 is 0 Å². The molecule has 0 atom stereocenters. The van der Waals surface area contributed by atoms with Gasteiger partial charge in [-0.1, -0.05) is 34.1 Å². The molecule has 0 unspecified atom stereocenters. The first kappa shape index (κ1) is 14.4. The summed E-state index contributed by atoms with van der Waals surface area (Å²) in [4.78, 5) is 25.6. The number of halogens is 1. The van der Waals surface area contributed by atoms with Crippen LogP contribution < -0.4 is 0 Å². The van der Waals surface area contributed by atoms with E-state index in [-0.39, 0.29) is 18.4 Å². The van der Waals surface area contributed by atoms with E-state index in [0.29, 0.717) is 29.7 Å². The van der Waals surface area contributed by atoms with Crippen molar-refractivity contribution in [3.63, 3.8) is 0 Å². The van der Waals surface area contributed by atoms with Crippen LogP contribution in [0, 0.1) is 0 Å². The van der Waals surface area contributed by atoms with Gasteiger partial charge in [0.05, 0.1) is 29.7 Å². The van der Waals surface area contributed by atoms with Crippen molar-refractivity contribution in [2.24, 2.45) is 0 Å². The molecule has 2 heterocycles. The van der Waals surface area contributed by atoms with Crippen molar-refractivity contribution in [2.75, 3.05) is 25.1 Å². The molecule has 0 bridgehead atoms. The third kappa shape index (κ3) is 2.54. The molecule has 0 radical (unpaired) electrons. The van der Waals surface area contributed by atoms with Crippen LogP contribution in [-0.4, -0.2) is 47.6 Å². The summed E-state index contributed by atoms with van der Waals surface area (Å²) < 4.78 is 11.1. The number of alkyl halides is 1. The Morgan fingerprint density at radius 1 is 1.14 bits per heavy atom. The molecular formula is C15H14BrNO4. The van der Waals surface area contributed by atoms with Gasteiger partial charge < -0.3 is 9.47 Å². The lowest BCUT2D eigenvalue weighted by molar-refractivity contribution is -0.0946. The number of benzene rings is 1. The monoisotopic (exact) mass is 351 g/mol. The van der Waals surface area contributed by atoms with Crippen molar-refractivity contribution in [3.8, 4) is 0 Å². The molecule has 1 fully saturated rings. The van der Waals surface area contributed by atoms with Crippen LogP contribution in [0.4, 0.5) is 0 Å².